The Labute approximate surface area is 106 Å². The fourth-order valence-corrected chi connectivity index (χ4v) is 1.94. The molecule has 1 aromatic rings. The van der Waals surface area contributed by atoms with Gasteiger partial charge in [-0.15, -0.1) is 0 Å². The van der Waals surface area contributed by atoms with Gasteiger partial charge < -0.3 is 14.8 Å². The largest absolute Gasteiger partial charge is 0.495 e. The number of para-hydroxylation sites is 2. The Bertz CT molecular complexity index is 403. The van der Waals surface area contributed by atoms with Gasteiger partial charge in [0.1, 0.15) is 5.75 Å². The number of rotatable bonds is 4. The van der Waals surface area contributed by atoms with Gasteiger partial charge in [-0.3, -0.25) is 5.32 Å². The van der Waals surface area contributed by atoms with Crippen molar-refractivity contribution in [3.05, 3.63) is 24.3 Å². The average molecular weight is 250 g/mol. The molecule has 1 aliphatic heterocycles. The van der Waals surface area contributed by atoms with Crippen molar-refractivity contribution in [3.8, 4) is 5.75 Å². The number of nitrogens with one attached hydrogen (secondary N) is 2. The highest BCUT2D eigenvalue weighted by atomic mass is 16.5. The van der Waals surface area contributed by atoms with Gasteiger partial charge in [-0.25, -0.2) is 4.79 Å². The maximum Gasteiger partial charge on any atom is 0.411 e. The van der Waals surface area contributed by atoms with Crippen LogP contribution in [-0.4, -0.2) is 32.9 Å². The van der Waals surface area contributed by atoms with E-state index in [1.807, 2.05) is 12.1 Å². The quantitative estimate of drug-likeness (QED) is 0.856. The van der Waals surface area contributed by atoms with E-state index in [2.05, 4.69) is 10.6 Å². The molecule has 0 radical (unpaired) electrons. The van der Waals surface area contributed by atoms with Gasteiger partial charge in [-0.05, 0) is 25.1 Å². The van der Waals surface area contributed by atoms with E-state index in [4.69, 9.17) is 9.47 Å². The number of carbonyl (C=O) groups excluding carboxylic acids is 1. The highest BCUT2D eigenvalue weighted by Gasteiger charge is 2.16. The molecule has 2 N–H and O–H groups in total. The van der Waals surface area contributed by atoms with E-state index < -0.39 is 6.09 Å². The summed E-state index contributed by atoms with van der Waals surface area (Å²) in [6.45, 7) is 2.37. The van der Waals surface area contributed by atoms with Crippen LogP contribution in [0.4, 0.5) is 10.5 Å². The van der Waals surface area contributed by atoms with Crippen LogP contribution >= 0.6 is 0 Å². The van der Waals surface area contributed by atoms with Crippen molar-refractivity contribution in [2.45, 2.75) is 6.42 Å². The van der Waals surface area contributed by atoms with Gasteiger partial charge in [0.15, 0.2) is 0 Å². The molecule has 0 spiro atoms. The van der Waals surface area contributed by atoms with Crippen LogP contribution in [0.5, 0.6) is 5.75 Å². The zero-order valence-corrected chi connectivity index (χ0v) is 10.4. The molecule has 0 bridgehead atoms. The molecule has 1 amide bonds. The lowest BCUT2D eigenvalue weighted by atomic mass is 10.1. The summed E-state index contributed by atoms with van der Waals surface area (Å²) in [6, 6.07) is 7.24. The van der Waals surface area contributed by atoms with Gasteiger partial charge in [0.2, 0.25) is 0 Å². The van der Waals surface area contributed by atoms with Gasteiger partial charge in [-0.2, -0.15) is 0 Å². The zero-order valence-electron chi connectivity index (χ0n) is 10.4. The SMILES string of the molecule is COc1ccccc1NC(=O)OCC1CCNC1. The van der Waals surface area contributed by atoms with Gasteiger partial charge in [0, 0.05) is 12.5 Å². The van der Waals surface area contributed by atoms with Gasteiger partial charge in [-0.1, -0.05) is 12.1 Å². The summed E-state index contributed by atoms with van der Waals surface area (Å²) < 4.78 is 10.3. The summed E-state index contributed by atoms with van der Waals surface area (Å²) in [4.78, 5) is 11.6. The molecule has 1 aromatic carbocycles. The molecule has 0 saturated carbocycles. The molecule has 18 heavy (non-hydrogen) atoms. The van der Waals surface area contributed by atoms with Crippen molar-refractivity contribution in [1.29, 1.82) is 0 Å². The molecule has 1 aliphatic rings. The minimum Gasteiger partial charge on any atom is -0.495 e. The molecule has 0 aromatic heterocycles. The first-order valence-electron chi connectivity index (χ1n) is 6.07. The normalized spacial score (nSPS) is 18.4. The lowest BCUT2D eigenvalue weighted by Crippen LogP contribution is -2.20. The van der Waals surface area contributed by atoms with Crippen LogP contribution in [0.15, 0.2) is 24.3 Å². The second-order valence-electron chi connectivity index (χ2n) is 4.28. The molecule has 5 nitrogen and oxygen atoms in total. The third kappa shape index (κ3) is 3.37. The van der Waals surface area contributed by atoms with Crippen LogP contribution in [0.1, 0.15) is 6.42 Å². The van der Waals surface area contributed by atoms with Gasteiger partial charge >= 0.3 is 6.09 Å². The average Bonchev–Trinajstić information content (AvgIpc) is 2.90. The first-order valence-corrected chi connectivity index (χ1v) is 6.07. The third-order valence-corrected chi connectivity index (χ3v) is 2.96. The second-order valence-corrected chi connectivity index (χ2v) is 4.28. The van der Waals surface area contributed by atoms with Crippen molar-refractivity contribution in [3.63, 3.8) is 0 Å². The number of hydrogen-bond acceptors (Lipinski definition) is 4. The summed E-state index contributed by atoms with van der Waals surface area (Å²) >= 11 is 0. The highest BCUT2D eigenvalue weighted by molar-refractivity contribution is 5.86. The minimum atomic E-state index is -0.439. The summed E-state index contributed by atoms with van der Waals surface area (Å²) in [6.07, 6.45) is 0.619. The number of benzene rings is 1. The lowest BCUT2D eigenvalue weighted by Gasteiger charge is -2.12. The molecule has 1 unspecified atom stereocenters. The Morgan fingerprint density at radius 3 is 3.06 bits per heavy atom. The third-order valence-electron chi connectivity index (χ3n) is 2.96. The summed E-state index contributed by atoms with van der Waals surface area (Å²) in [5.41, 5.74) is 0.620. The lowest BCUT2D eigenvalue weighted by molar-refractivity contribution is 0.144. The zero-order chi connectivity index (χ0) is 12.8. The number of amides is 1. The van der Waals surface area contributed by atoms with E-state index >= 15 is 0 Å². The smallest absolute Gasteiger partial charge is 0.411 e. The Hall–Kier alpha value is -1.75. The van der Waals surface area contributed by atoms with Gasteiger partial charge in [0.25, 0.3) is 0 Å². The number of anilines is 1. The van der Waals surface area contributed by atoms with Crippen molar-refractivity contribution < 1.29 is 14.3 Å². The Morgan fingerprint density at radius 1 is 1.50 bits per heavy atom. The fraction of sp³-hybridized carbons (Fsp3) is 0.462. The Morgan fingerprint density at radius 2 is 2.33 bits per heavy atom. The maximum absolute atomic E-state index is 11.6. The fourth-order valence-electron chi connectivity index (χ4n) is 1.94. The number of carbonyl (C=O) groups is 1. The Kier molecular flexibility index (Phi) is 4.41. The van der Waals surface area contributed by atoms with Crippen LogP contribution in [0.25, 0.3) is 0 Å². The molecule has 1 saturated heterocycles. The van der Waals surface area contributed by atoms with Crippen molar-refractivity contribution in [2.24, 2.45) is 5.92 Å². The molecule has 5 heteroatoms. The topological polar surface area (TPSA) is 59.6 Å². The molecule has 1 atom stereocenters. The van der Waals surface area contributed by atoms with E-state index in [9.17, 15) is 4.79 Å². The standard InChI is InChI=1S/C13H18N2O3/c1-17-12-5-3-2-4-11(12)15-13(16)18-9-10-6-7-14-8-10/h2-5,10,14H,6-9H2,1H3,(H,15,16). The van der Waals surface area contributed by atoms with Crippen molar-refractivity contribution >= 4 is 11.8 Å². The van der Waals surface area contributed by atoms with Crippen molar-refractivity contribution in [2.75, 3.05) is 32.1 Å². The monoisotopic (exact) mass is 250 g/mol. The first-order chi connectivity index (χ1) is 8.79. The summed E-state index contributed by atoms with van der Waals surface area (Å²) in [5, 5.41) is 5.91. The molecule has 1 fully saturated rings. The Balaban J connectivity index is 1.82. The maximum atomic E-state index is 11.6. The minimum absolute atomic E-state index is 0.424. The highest BCUT2D eigenvalue weighted by Crippen LogP contribution is 2.23. The van der Waals surface area contributed by atoms with Crippen LogP contribution in [0.2, 0.25) is 0 Å². The molecule has 1 heterocycles. The van der Waals surface area contributed by atoms with Crippen LogP contribution in [0.3, 0.4) is 0 Å². The number of hydrogen-bond donors (Lipinski definition) is 2. The van der Waals surface area contributed by atoms with E-state index in [1.54, 1.807) is 19.2 Å². The molecular weight excluding hydrogens is 232 g/mol. The van der Waals surface area contributed by atoms with Crippen molar-refractivity contribution in [1.82, 2.24) is 5.32 Å². The van der Waals surface area contributed by atoms with Crippen LogP contribution in [-0.2, 0) is 4.74 Å². The van der Waals surface area contributed by atoms with E-state index in [0.29, 0.717) is 24.0 Å². The second kappa shape index (κ2) is 6.26. The summed E-state index contributed by atoms with van der Waals surface area (Å²) in [5.74, 6) is 1.05. The van der Waals surface area contributed by atoms with E-state index in [0.717, 1.165) is 19.5 Å². The van der Waals surface area contributed by atoms with E-state index in [-0.39, 0.29) is 0 Å². The van der Waals surface area contributed by atoms with Crippen LogP contribution in [0, 0.1) is 5.92 Å². The molecular formula is C13H18N2O3. The van der Waals surface area contributed by atoms with Gasteiger partial charge in [0.05, 0.1) is 19.4 Å². The molecule has 2 rings (SSSR count). The molecule has 0 aliphatic carbocycles. The van der Waals surface area contributed by atoms with Crippen LogP contribution < -0.4 is 15.4 Å². The molecule has 98 valence electrons. The number of methoxy groups -OCH3 is 1. The van der Waals surface area contributed by atoms with E-state index in [1.165, 1.54) is 0 Å². The predicted octanol–water partition coefficient (Wildman–Crippen LogP) is 1.85. The summed E-state index contributed by atoms with van der Waals surface area (Å²) in [7, 11) is 1.57. The number of ether oxygens (including phenoxy) is 2. The first kappa shape index (κ1) is 12.7. The predicted molar refractivity (Wildman–Crippen MR) is 68.9 cm³/mol.